The summed E-state index contributed by atoms with van der Waals surface area (Å²) in [6, 6.07) is 20.1. The second-order valence-electron chi connectivity index (χ2n) is 6.36. The average Bonchev–Trinajstić information content (AvgIpc) is 2.68. The number of nitrogens with zero attached hydrogens (tertiary/aromatic N) is 1. The van der Waals surface area contributed by atoms with Crippen LogP contribution in [0.2, 0.25) is 0 Å². The number of anilines is 1. The zero-order valence-electron chi connectivity index (χ0n) is 15.3. The minimum atomic E-state index is -0.323. The summed E-state index contributed by atoms with van der Waals surface area (Å²) < 4.78 is 0. The molecular weight excluding hydrogens is 338 g/mol. The van der Waals surface area contributed by atoms with Gasteiger partial charge in [-0.3, -0.25) is 14.6 Å². The van der Waals surface area contributed by atoms with E-state index in [1.165, 1.54) is 12.3 Å². The van der Waals surface area contributed by atoms with Crippen LogP contribution in [-0.2, 0) is 0 Å². The van der Waals surface area contributed by atoms with Gasteiger partial charge in [0, 0.05) is 17.4 Å². The molecule has 0 bridgehead atoms. The summed E-state index contributed by atoms with van der Waals surface area (Å²) in [4.78, 5) is 29.1. The van der Waals surface area contributed by atoms with Gasteiger partial charge < -0.3 is 10.6 Å². The zero-order chi connectivity index (χ0) is 19.2. The molecule has 0 aliphatic heterocycles. The molecule has 1 aromatic heterocycles. The second-order valence-corrected chi connectivity index (χ2v) is 6.36. The Hall–Kier alpha value is -3.47. The number of aromatic nitrogens is 1. The predicted octanol–water partition coefficient (Wildman–Crippen LogP) is 4.13. The Morgan fingerprint density at radius 1 is 0.926 bits per heavy atom. The highest BCUT2D eigenvalue weighted by Gasteiger charge is 2.15. The highest BCUT2D eigenvalue weighted by molar-refractivity contribution is 6.05. The molecule has 2 aromatic carbocycles. The van der Waals surface area contributed by atoms with Crippen LogP contribution in [0.4, 0.5) is 5.69 Å². The van der Waals surface area contributed by atoms with E-state index in [-0.39, 0.29) is 23.6 Å². The van der Waals surface area contributed by atoms with Crippen molar-refractivity contribution in [2.45, 2.75) is 19.9 Å². The van der Waals surface area contributed by atoms with Gasteiger partial charge in [-0.05, 0) is 49.2 Å². The molecule has 0 saturated carbocycles. The molecule has 0 aliphatic carbocycles. The molecule has 1 unspecified atom stereocenters. The van der Waals surface area contributed by atoms with Crippen molar-refractivity contribution in [2.75, 3.05) is 5.32 Å². The van der Waals surface area contributed by atoms with Crippen LogP contribution >= 0.6 is 0 Å². The Balaban J connectivity index is 1.71. The largest absolute Gasteiger partial charge is 0.344 e. The van der Waals surface area contributed by atoms with Gasteiger partial charge in [-0.25, -0.2) is 0 Å². The van der Waals surface area contributed by atoms with Crippen LogP contribution in [-0.4, -0.2) is 16.8 Å². The van der Waals surface area contributed by atoms with E-state index in [1.54, 1.807) is 6.07 Å². The topological polar surface area (TPSA) is 71.1 Å². The van der Waals surface area contributed by atoms with E-state index in [0.717, 1.165) is 11.1 Å². The van der Waals surface area contributed by atoms with Crippen LogP contribution in [0.25, 0.3) is 0 Å². The molecule has 0 aliphatic rings. The van der Waals surface area contributed by atoms with Crippen LogP contribution in [0.5, 0.6) is 0 Å². The molecule has 136 valence electrons. The van der Waals surface area contributed by atoms with E-state index in [9.17, 15) is 9.59 Å². The number of carbonyl (C=O) groups is 2. The van der Waals surface area contributed by atoms with E-state index in [4.69, 9.17) is 0 Å². The summed E-state index contributed by atoms with van der Waals surface area (Å²) in [6.07, 6.45) is 1.47. The predicted molar refractivity (Wildman–Crippen MR) is 106 cm³/mol. The van der Waals surface area contributed by atoms with Crippen molar-refractivity contribution in [3.8, 4) is 0 Å². The van der Waals surface area contributed by atoms with Gasteiger partial charge in [0.2, 0.25) is 0 Å². The lowest BCUT2D eigenvalue weighted by atomic mass is 10.1. The smallest absolute Gasteiger partial charge is 0.270 e. The summed E-state index contributed by atoms with van der Waals surface area (Å²) >= 11 is 0. The maximum Gasteiger partial charge on any atom is 0.270 e. The summed E-state index contributed by atoms with van der Waals surface area (Å²) in [7, 11) is 0. The van der Waals surface area contributed by atoms with Crippen molar-refractivity contribution in [3.63, 3.8) is 0 Å². The van der Waals surface area contributed by atoms with Crippen LogP contribution in [0.3, 0.4) is 0 Å². The van der Waals surface area contributed by atoms with Crippen LogP contribution in [0.1, 0.15) is 44.9 Å². The lowest BCUT2D eigenvalue weighted by Crippen LogP contribution is -2.27. The SMILES string of the molecule is Cc1cccc(NC(=O)c2ccnc(C(=O)NC(C)c3ccccc3)c2)c1. The van der Waals surface area contributed by atoms with Gasteiger partial charge in [0.1, 0.15) is 5.69 Å². The first-order valence-corrected chi connectivity index (χ1v) is 8.73. The van der Waals surface area contributed by atoms with Gasteiger partial charge in [0.15, 0.2) is 0 Å². The quantitative estimate of drug-likeness (QED) is 0.719. The third kappa shape index (κ3) is 4.79. The molecule has 5 nitrogen and oxygen atoms in total. The molecule has 0 spiro atoms. The molecular formula is C22H21N3O2. The molecule has 5 heteroatoms. The monoisotopic (exact) mass is 359 g/mol. The van der Waals surface area contributed by atoms with E-state index < -0.39 is 0 Å². The van der Waals surface area contributed by atoms with Gasteiger partial charge >= 0.3 is 0 Å². The summed E-state index contributed by atoms with van der Waals surface area (Å²) in [6.45, 7) is 3.86. The maximum absolute atomic E-state index is 12.5. The molecule has 3 rings (SSSR count). The van der Waals surface area contributed by atoms with E-state index >= 15 is 0 Å². The summed E-state index contributed by atoms with van der Waals surface area (Å²) in [5, 5.41) is 5.74. The minimum absolute atomic E-state index is 0.162. The van der Waals surface area contributed by atoms with Crippen molar-refractivity contribution in [1.82, 2.24) is 10.3 Å². The van der Waals surface area contributed by atoms with Gasteiger partial charge in [0.05, 0.1) is 6.04 Å². The Kier molecular flexibility index (Phi) is 5.61. The normalized spacial score (nSPS) is 11.5. The summed E-state index contributed by atoms with van der Waals surface area (Å²) in [5.74, 6) is -0.607. The molecule has 0 saturated heterocycles. The van der Waals surface area contributed by atoms with E-state index in [1.807, 2.05) is 68.4 Å². The first kappa shape index (κ1) is 18.3. The Bertz CT molecular complexity index is 955. The number of benzene rings is 2. The van der Waals surface area contributed by atoms with Gasteiger partial charge in [-0.2, -0.15) is 0 Å². The molecule has 27 heavy (non-hydrogen) atoms. The number of carbonyl (C=O) groups excluding carboxylic acids is 2. The number of aryl methyl sites for hydroxylation is 1. The molecule has 3 aromatic rings. The standard InChI is InChI=1S/C22H21N3O2/c1-15-7-6-10-19(13-15)25-21(26)18-11-12-23-20(14-18)22(27)24-16(2)17-8-4-3-5-9-17/h3-14,16H,1-2H3,(H,24,27)(H,25,26). The van der Waals surface area contributed by atoms with E-state index in [0.29, 0.717) is 11.3 Å². The van der Waals surface area contributed by atoms with Crippen molar-refractivity contribution >= 4 is 17.5 Å². The molecule has 0 fully saturated rings. The molecule has 1 heterocycles. The molecule has 0 radical (unpaired) electrons. The number of pyridine rings is 1. The Labute approximate surface area is 158 Å². The van der Waals surface area contributed by atoms with Crippen LogP contribution in [0.15, 0.2) is 72.9 Å². The number of rotatable bonds is 5. The van der Waals surface area contributed by atoms with Gasteiger partial charge in [-0.1, -0.05) is 42.5 Å². The molecule has 2 N–H and O–H groups in total. The third-order valence-electron chi connectivity index (χ3n) is 4.18. The maximum atomic E-state index is 12.5. The first-order chi connectivity index (χ1) is 13.0. The van der Waals surface area contributed by atoms with Crippen molar-refractivity contribution in [1.29, 1.82) is 0 Å². The first-order valence-electron chi connectivity index (χ1n) is 8.73. The number of amides is 2. The zero-order valence-corrected chi connectivity index (χ0v) is 15.3. The fraction of sp³-hybridized carbons (Fsp3) is 0.136. The number of hydrogen-bond donors (Lipinski definition) is 2. The average molecular weight is 359 g/mol. The number of hydrogen-bond acceptors (Lipinski definition) is 3. The highest BCUT2D eigenvalue weighted by Crippen LogP contribution is 2.14. The second kappa shape index (κ2) is 8.27. The Morgan fingerprint density at radius 2 is 1.70 bits per heavy atom. The fourth-order valence-electron chi connectivity index (χ4n) is 2.72. The molecule has 2 amide bonds. The lowest BCUT2D eigenvalue weighted by Gasteiger charge is -2.14. The van der Waals surface area contributed by atoms with E-state index in [2.05, 4.69) is 15.6 Å². The van der Waals surface area contributed by atoms with Crippen molar-refractivity contribution < 1.29 is 9.59 Å². The highest BCUT2D eigenvalue weighted by atomic mass is 16.2. The summed E-state index contributed by atoms with van der Waals surface area (Å²) in [5.41, 5.74) is 3.34. The lowest BCUT2D eigenvalue weighted by molar-refractivity contribution is 0.0935. The minimum Gasteiger partial charge on any atom is -0.344 e. The van der Waals surface area contributed by atoms with Crippen LogP contribution < -0.4 is 10.6 Å². The van der Waals surface area contributed by atoms with Crippen molar-refractivity contribution in [3.05, 3.63) is 95.3 Å². The Morgan fingerprint density at radius 3 is 2.44 bits per heavy atom. The third-order valence-corrected chi connectivity index (χ3v) is 4.18. The fourth-order valence-corrected chi connectivity index (χ4v) is 2.72. The number of nitrogens with one attached hydrogen (secondary N) is 2. The van der Waals surface area contributed by atoms with Gasteiger partial charge in [0.25, 0.3) is 11.8 Å². The molecule has 1 atom stereocenters. The van der Waals surface area contributed by atoms with Crippen molar-refractivity contribution in [2.24, 2.45) is 0 Å². The van der Waals surface area contributed by atoms with Gasteiger partial charge in [-0.15, -0.1) is 0 Å². The van der Waals surface area contributed by atoms with Crippen LogP contribution in [0, 0.1) is 6.92 Å².